The van der Waals surface area contributed by atoms with Gasteiger partial charge in [-0.2, -0.15) is 0 Å². The monoisotopic (exact) mass is 645 g/mol. The number of para-hydroxylation sites is 2. The number of carbonyl (C=O) groups excluding carboxylic acids is 2. The van der Waals surface area contributed by atoms with E-state index < -0.39 is 28.5 Å². The minimum atomic E-state index is -4.24. The van der Waals surface area contributed by atoms with Crippen LogP contribution >= 0.6 is 11.8 Å². The van der Waals surface area contributed by atoms with Crippen LogP contribution in [0.5, 0.6) is 5.75 Å². The second kappa shape index (κ2) is 15.6. The van der Waals surface area contributed by atoms with E-state index in [0.29, 0.717) is 12.4 Å². The summed E-state index contributed by atoms with van der Waals surface area (Å²) in [6, 6.07) is 29.5. The zero-order valence-electron chi connectivity index (χ0n) is 26.0. The Morgan fingerprint density at radius 3 is 2.18 bits per heavy atom. The fourth-order valence-electron chi connectivity index (χ4n) is 5.02. The number of hydrogen-bond donors (Lipinski definition) is 1. The lowest BCUT2D eigenvalue weighted by molar-refractivity contribution is -0.139. The molecule has 0 fully saturated rings. The number of carbonyl (C=O) groups is 2. The molecule has 0 aliphatic carbocycles. The smallest absolute Gasteiger partial charge is 0.264 e. The van der Waals surface area contributed by atoms with E-state index in [4.69, 9.17) is 4.74 Å². The van der Waals surface area contributed by atoms with E-state index in [1.54, 1.807) is 36.4 Å². The van der Waals surface area contributed by atoms with Crippen LogP contribution in [0.2, 0.25) is 0 Å². The lowest BCUT2D eigenvalue weighted by Crippen LogP contribution is -2.53. The van der Waals surface area contributed by atoms with Crippen LogP contribution < -0.4 is 14.4 Å². The van der Waals surface area contributed by atoms with E-state index in [-0.39, 0.29) is 29.5 Å². The number of anilines is 1. The Morgan fingerprint density at radius 1 is 0.889 bits per heavy atom. The van der Waals surface area contributed by atoms with Crippen LogP contribution in [0.15, 0.2) is 113 Å². The van der Waals surface area contributed by atoms with Crippen LogP contribution in [-0.4, -0.2) is 57.6 Å². The fourth-order valence-corrected chi connectivity index (χ4v) is 6.85. The standard InChI is InChI=1S/C35H39N3O5S2/c1-5-43-33-18-12-11-17-31(33)38(45(41,42)30-21-19-29(44-4)20-22-30)25-34(39)37(24-28-16-10-9-13-26(28)2)32(35(40)36-3)23-27-14-7-6-8-15-27/h6-22,32H,5,23-25H2,1-4H3,(H,36,40)/t32-/m1/s1. The van der Waals surface area contributed by atoms with Crippen molar-refractivity contribution >= 4 is 39.3 Å². The summed E-state index contributed by atoms with van der Waals surface area (Å²) in [6.45, 7) is 3.61. The third-order valence-corrected chi connectivity index (χ3v) is 10.00. The molecular weight excluding hydrogens is 607 g/mol. The highest BCUT2D eigenvalue weighted by Gasteiger charge is 2.35. The highest BCUT2D eigenvalue weighted by Crippen LogP contribution is 2.33. The van der Waals surface area contributed by atoms with Gasteiger partial charge in [-0.3, -0.25) is 13.9 Å². The Kier molecular flexibility index (Phi) is 11.7. The number of rotatable bonds is 14. The van der Waals surface area contributed by atoms with Gasteiger partial charge in [0.15, 0.2) is 0 Å². The molecule has 236 valence electrons. The summed E-state index contributed by atoms with van der Waals surface area (Å²) in [6.07, 6.45) is 2.16. The molecule has 45 heavy (non-hydrogen) atoms. The molecule has 1 atom stereocenters. The summed E-state index contributed by atoms with van der Waals surface area (Å²) in [5.74, 6) is -0.550. The van der Waals surface area contributed by atoms with Gasteiger partial charge >= 0.3 is 0 Å². The van der Waals surface area contributed by atoms with Crippen LogP contribution in [0.4, 0.5) is 5.69 Å². The molecule has 8 nitrogen and oxygen atoms in total. The number of benzene rings is 4. The van der Waals surface area contributed by atoms with E-state index >= 15 is 0 Å². The number of thioether (sulfide) groups is 1. The van der Waals surface area contributed by atoms with Crippen LogP contribution in [0.3, 0.4) is 0 Å². The van der Waals surface area contributed by atoms with E-state index in [2.05, 4.69) is 5.32 Å². The molecule has 4 aromatic carbocycles. The number of nitrogens with one attached hydrogen (secondary N) is 1. The van der Waals surface area contributed by atoms with Gasteiger partial charge in [0.05, 0.1) is 17.2 Å². The van der Waals surface area contributed by atoms with Crippen LogP contribution in [0.25, 0.3) is 0 Å². The maximum absolute atomic E-state index is 14.5. The second-order valence-corrected chi connectivity index (χ2v) is 13.1. The number of ether oxygens (including phenoxy) is 1. The highest BCUT2D eigenvalue weighted by atomic mass is 32.2. The molecular formula is C35H39N3O5S2. The van der Waals surface area contributed by atoms with E-state index in [1.807, 2.05) is 74.7 Å². The maximum atomic E-state index is 14.5. The third-order valence-electron chi connectivity index (χ3n) is 7.48. The van der Waals surface area contributed by atoms with Crippen LogP contribution in [0.1, 0.15) is 23.6 Å². The molecule has 0 aliphatic heterocycles. The molecule has 0 aromatic heterocycles. The van der Waals surface area contributed by atoms with E-state index in [9.17, 15) is 18.0 Å². The summed E-state index contributed by atoms with van der Waals surface area (Å²) in [4.78, 5) is 30.4. The normalized spacial score (nSPS) is 11.8. The Bertz CT molecular complexity index is 1700. The molecule has 4 aromatic rings. The van der Waals surface area contributed by atoms with Crippen molar-refractivity contribution in [1.29, 1.82) is 0 Å². The number of amides is 2. The van der Waals surface area contributed by atoms with Gasteiger partial charge in [0, 0.05) is 24.9 Å². The minimum Gasteiger partial charge on any atom is -0.492 e. The maximum Gasteiger partial charge on any atom is 0.264 e. The van der Waals surface area contributed by atoms with E-state index in [0.717, 1.165) is 25.9 Å². The topological polar surface area (TPSA) is 96.0 Å². The van der Waals surface area contributed by atoms with Gasteiger partial charge < -0.3 is 15.0 Å². The molecule has 10 heteroatoms. The van der Waals surface area contributed by atoms with Crippen molar-refractivity contribution in [2.75, 3.05) is 30.8 Å². The fraction of sp³-hybridized carbons (Fsp3) is 0.257. The highest BCUT2D eigenvalue weighted by molar-refractivity contribution is 7.98. The van der Waals surface area contributed by atoms with Gasteiger partial charge in [-0.25, -0.2) is 8.42 Å². The molecule has 0 unspecified atom stereocenters. The minimum absolute atomic E-state index is 0.0389. The predicted octanol–water partition coefficient (Wildman–Crippen LogP) is 5.70. The van der Waals surface area contributed by atoms with Crippen molar-refractivity contribution in [1.82, 2.24) is 10.2 Å². The summed E-state index contributed by atoms with van der Waals surface area (Å²) < 4.78 is 35.6. The first kappa shape index (κ1) is 33.6. The predicted molar refractivity (Wildman–Crippen MR) is 180 cm³/mol. The average Bonchev–Trinajstić information content (AvgIpc) is 3.06. The van der Waals surface area contributed by atoms with Gasteiger partial charge in [-0.05, 0) is 73.2 Å². The molecule has 1 N–H and O–H groups in total. The van der Waals surface area contributed by atoms with Crippen molar-refractivity contribution in [3.05, 3.63) is 120 Å². The molecule has 2 amide bonds. The number of aryl methyl sites for hydroxylation is 1. The first-order valence-electron chi connectivity index (χ1n) is 14.7. The molecule has 0 saturated carbocycles. The zero-order chi connectivity index (χ0) is 32.4. The van der Waals surface area contributed by atoms with Crippen LogP contribution in [-0.2, 0) is 32.6 Å². The van der Waals surface area contributed by atoms with Crippen molar-refractivity contribution < 1.29 is 22.7 Å². The molecule has 0 radical (unpaired) electrons. The third kappa shape index (κ3) is 8.26. The lowest BCUT2D eigenvalue weighted by atomic mass is 10.0. The Morgan fingerprint density at radius 2 is 1.53 bits per heavy atom. The van der Waals surface area contributed by atoms with Crippen molar-refractivity contribution in [2.45, 2.75) is 42.6 Å². The lowest BCUT2D eigenvalue weighted by Gasteiger charge is -2.34. The quantitative estimate of drug-likeness (QED) is 0.177. The molecule has 0 heterocycles. The average molecular weight is 646 g/mol. The van der Waals surface area contributed by atoms with Gasteiger partial charge in [0.25, 0.3) is 10.0 Å². The van der Waals surface area contributed by atoms with Gasteiger partial charge in [0.2, 0.25) is 11.8 Å². The van der Waals surface area contributed by atoms with Crippen molar-refractivity contribution in [3.8, 4) is 5.75 Å². The Hall–Kier alpha value is -4.28. The van der Waals surface area contributed by atoms with Crippen molar-refractivity contribution in [3.63, 3.8) is 0 Å². The van der Waals surface area contributed by atoms with E-state index in [1.165, 1.54) is 35.8 Å². The second-order valence-electron chi connectivity index (χ2n) is 10.4. The number of nitrogens with zero attached hydrogens (tertiary/aromatic N) is 2. The molecule has 0 aliphatic rings. The molecule has 4 rings (SSSR count). The number of sulfonamides is 1. The number of likely N-dealkylation sites (N-methyl/N-ethyl adjacent to an activating group) is 1. The first-order valence-corrected chi connectivity index (χ1v) is 17.3. The molecule has 0 spiro atoms. The molecule has 0 saturated heterocycles. The first-order chi connectivity index (χ1) is 21.7. The Balaban J connectivity index is 1.83. The van der Waals surface area contributed by atoms with Gasteiger partial charge in [-0.1, -0.05) is 66.7 Å². The summed E-state index contributed by atoms with van der Waals surface area (Å²) >= 11 is 1.50. The van der Waals surface area contributed by atoms with Crippen LogP contribution in [0, 0.1) is 6.92 Å². The summed E-state index contributed by atoms with van der Waals surface area (Å²) in [5, 5.41) is 2.71. The van der Waals surface area contributed by atoms with Gasteiger partial charge in [-0.15, -0.1) is 11.8 Å². The summed E-state index contributed by atoms with van der Waals surface area (Å²) in [7, 11) is -2.71. The molecule has 0 bridgehead atoms. The van der Waals surface area contributed by atoms with Crippen molar-refractivity contribution in [2.24, 2.45) is 0 Å². The largest absolute Gasteiger partial charge is 0.492 e. The van der Waals surface area contributed by atoms with Gasteiger partial charge in [0.1, 0.15) is 18.3 Å². The summed E-state index contributed by atoms with van der Waals surface area (Å²) in [5.41, 5.74) is 2.90. The number of hydrogen-bond acceptors (Lipinski definition) is 6. The SMILES string of the molecule is CCOc1ccccc1N(CC(=O)N(Cc1ccccc1C)[C@H](Cc1ccccc1)C(=O)NC)S(=O)(=O)c1ccc(SC)cc1. The zero-order valence-corrected chi connectivity index (χ0v) is 27.6. The Labute approximate surface area is 270 Å².